The zero-order valence-corrected chi connectivity index (χ0v) is 11.3. The van der Waals surface area contributed by atoms with Gasteiger partial charge in [0.05, 0.1) is 5.02 Å². The fourth-order valence-electron chi connectivity index (χ4n) is 1.58. The standard InChI is InChI=1S/C13H8BrClF2O/c14-10-6-5-9(12(17)11(10)15)13(18)7-1-3-8(16)4-2-7/h1-6,13,18H. The van der Waals surface area contributed by atoms with Crippen LogP contribution in [0.15, 0.2) is 40.9 Å². The van der Waals surface area contributed by atoms with E-state index in [0.29, 0.717) is 10.0 Å². The molecule has 0 aliphatic carbocycles. The molecule has 0 aliphatic rings. The number of hydrogen-bond acceptors (Lipinski definition) is 1. The molecule has 0 saturated carbocycles. The molecule has 2 aromatic carbocycles. The molecule has 0 aliphatic heterocycles. The molecule has 1 nitrogen and oxygen atoms in total. The van der Waals surface area contributed by atoms with Gasteiger partial charge in [0, 0.05) is 10.0 Å². The van der Waals surface area contributed by atoms with Crippen molar-refractivity contribution < 1.29 is 13.9 Å². The predicted molar refractivity (Wildman–Crippen MR) is 69.6 cm³/mol. The SMILES string of the molecule is OC(c1ccc(F)cc1)c1ccc(Br)c(Cl)c1F. The number of benzene rings is 2. The van der Waals surface area contributed by atoms with Gasteiger partial charge in [-0.3, -0.25) is 0 Å². The molecule has 1 atom stereocenters. The summed E-state index contributed by atoms with van der Waals surface area (Å²) in [5.74, 6) is -1.11. The lowest BCUT2D eigenvalue weighted by molar-refractivity contribution is 0.215. The van der Waals surface area contributed by atoms with Crippen molar-refractivity contribution in [3.8, 4) is 0 Å². The summed E-state index contributed by atoms with van der Waals surface area (Å²) >= 11 is 8.84. The van der Waals surface area contributed by atoms with E-state index in [0.717, 1.165) is 0 Å². The molecule has 0 radical (unpaired) electrons. The van der Waals surface area contributed by atoms with Crippen molar-refractivity contribution in [2.75, 3.05) is 0 Å². The van der Waals surface area contributed by atoms with Crippen LogP contribution in [0, 0.1) is 11.6 Å². The van der Waals surface area contributed by atoms with Gasteiger partial charge < -0.3 is 5.11 Å². The number of aliphatic hydroxyl groups is 1. The maximum atomic E-state index is 13.9. The van der Waals surface area contributed by atoms with Crippen LogP contribution in [-0.2, 0) is 0 Å². The van der Waals surface area contributed by atoms with Gasteiger partial charge in [-0.05, 0) is 39.7 Å². The third-order valence-corrected chi connectivity index (χ3v) is 3.80. The molecule has 0 saturated heterocycles. The molecule has 18 heavy (non-hydrogen) atoms. The second kappa shape index (κ2) is 5.34. The van der Waals surface area contributed by atoms with Crippen LogP contribution in [0.4, 0.5) is 8.78 Å². The minimum atomic E-state index is -1.18. The highest BCUT2D eigenvalue weighted by Gasteiger charge is 2.18. The molecular weight excluding hydrogens is 325 g/mol. The fourth-order valence-corrected chi connectivity index (χ4v) is 2.05. The summed E-state index contributed by atoms with van der Waals surface area (Å²) in [5, 5.41) is 9.95. The van der Waals surface area contributed by atoms with Gasteiger partial charge in [-0.15, -0.1) is 0 Å². The van der Waals surface area contributed by atoms with Crippen LogP contribution in [0.1, 0.15) is 17.2 Å². The van der Waals surface area contributed by atoms with Crippen LogP contribution in [0.5, 0.6) is 0 Å². The number of aliphatic hydroxyl groups excluding tert-OH is 1. The summed E-state index contributed by atoms with van der Waals surface area (Å²) in [7, 11) is 0. The topological polar surface area (TPSA) is 20.2 Å². The Bertz CT molecular complexity index is 572. The summed E-state index contributed by atoms with van der Waals surface area (Å²) in [6.07, 6.45) is -1.18. The fraction of sp³-hybridized carbons (Fsp3) is 0.0769. The lowest BCUT2D eigenvalue weighted by Gasteiger charge is -2.13. The Kier molecular flexibility index (Phi) is 4.00. The van der Waals surface area contributed by atoms with Crippen molar-refractivity contribution in [1.82, 2.24) is 0 Å². The van der Waals surface area contributed by atoms with Crippen LogP contribution >= 0.6 is 27.5 Å². The van der Waals surface area contributed by atoms with Gasteiger partial charge in [0.25, 0.3) is 0 Å². The lowest BCUT2D eigenvalue weighted by atomic mass is 10.0. The molecule has 0 bridgehead atoms. The van der Waals surface area contributed by atoms with Gasteiger partial charge in [0.15, 0.2) is 0 Å². The highest BCUT2D eigenvalue weighted by molar-refractivity contribution is 9.10. The Morgan fingerprint density at radius 3 is 2.28 bits per heavy atom. The van der Waals surface area contributed by atoms with Gasteiger partial charge in [-0.1, -0.05) is 29.8 Å². The first-order valence-electron chi connectivity index (χ1n) is 5.07. The molecular formula is C13H8BrClF2O. The molecule has 0 amide bonds. The van der Waals surface area contributed by atoms with Crippen LogP contribution in [0.2, 0.25) is 5.02 Å². The van der Waals surface area contributed by atoms with Crippen molar-refractivity contribution in [3.63, 3.8) is 0 Å². The van der Waals surface area contributed by atoms with Crippen LogP contribution < -0.4 is 0 Å². The minimum Gasteiger partial charge on any atom is -0.384 e. The van der Waals surface area contributed by atoms with E-state index in [9.17, 15) is 13.9 Å². The summed E-state index contributed by atoms with van der Waals surface area (Å²) in [6, 6.07) is 8.19. The minimum absolute atomic E-state index is 0.0507. The molecule has 0 spiro atoms. The van der Waals surface area contributed by atoms with Gasteiger partial charge in [-0.2, -0.15) is 0 Å². The highest BCUT2D eigenvalue weighted by Crippen LogP contribution is 2.32. The summed E-state index contributed by atoms with van der Waals surface area (Å²) in [6.45, 7) is 0. The second-order valence-corrected chi connectivity index (χ2v) is 4.95. The normalized spacial score (nSPS) is 12.5. The second-order valence-electron chi connectivity index (χ2n) is 3.72. The maximum Gasteiger partial charge on any atom is 0.149 e. The first-order chi connectivity index (χ1) is 8.50. The summed E-state index contributed by atoms with van der Waals surface area (Å²) < 4.78 is 27.1. The first-order valence-corrected chi connectivity index (χ1v) is 6.24. The van der Waals surface area contributed by atoms with E-state index < -0.39 is 17.7 Å². The molecule has 2 rings (SSSR count). The molecule has 0 heterocycles. The monoisotopic (exact) mass is 332 g/mol. The van der Waals surface area contributed by atoms with Crippen LogP contribution in [0.25, 0.3) is 0 Å². The molecule has 2 aromatic rings. The Labute approximate surface area is 116 Å². The van der Waals surface area contributed by atoms with Crippen LogP contribution in [0.3, 0.4) is 0 Å². The molecule has 1 N–H and O–H groups in total. The van der Waals surface area contributed by atoms with E-state index in [-0.39, 0.29) is 10.6 Å². The highest BCUT2D eigenvalue weighted by atomic mass is 79.9. The third kappa shape index (κ3) is 2.55. The molecule has 94 valence electrons. The predicted octanol–water partition coefficient (Wildman–Crippen LogP) is 4.46. The van der Waals surface area contributed by atoms with Gasteiger partial charge >= 0.3 is 0 Å². The summed E-state index contributed by atoms with van der Waals surface area (Å²) in [5.41, 5.74) is 0.448. The molecule has 1 unspecified atom stereocenters. The zero-order valence-electron chi connectivity index (χ0n) is 9.00. The van der Waals surface area contributed by atoms with Gasteiger partial charge in [0.1, 0.15) is 17.7 Å². The zero-order chi connectivity index (χ0) is 13.3. The molecule has 0 fully saturated rings. The summed E-state index contributed by atoms with van der Waals surface area (Å²) in [4.78, 5) is 0. The number of rotatable bonds is 2. The Balaban J connectivity index is 2.43. The Morgan fingerprint density at radius 1 is 1.06 bits per heavy atom. The average molecular weight is 334 g/mol. The maximum absolute atomic E-state index is 13.9. The van der Waals surface area contributed by atoms with Crippen molar-refractivity contribution >= 4 is 27.5 Å². The Hall–Kier alpha value is -0.970. The smallest absolute Gasteiger partial charge is 0.149 e. The van der Waals surface area contributed by atoms with E-state index in [1.54, 1.807) is 6.07 Å². The number of hydrogen-bond donors (Lipinski definition) is 1. The lowest BCUT2D eigenvalue weighted by Crippen LogP contribution is -2.03. The van der Waals surface area contributed by atoms with Crippen LogP contribution in [-0.4, -0.2) is 5.11 Å². The van der Waals surface area contributed by atoms with Crippen molar-refractivity contribution in [1.29, 1.82) is 0 Å². The number of halogens is 4. The van der Waals surface area contributed by atoms with Crippen molar-refractivity contribution in [2.24, 2.45) is 0 Å². The molecule has 0 aromatic heterocycles. The van der Waals surface area contributed by atoms with E-state index in [4.69, 9.17) is 11.6 Å². The largest absolute Gasteiger partial charge is 0.384 e. The van der Waals surface area contributed by atoms with Crippen molar-refractivity contribution in [3.05, 3.63) is 68.7 Å². The van der Waals surface area contributed by atoms with Gasteiger partial charge in [0.2, 0.25) is 0 Å². The van der Waals surface area contributed by atoms with E-state index in [2.05, 4.69) is 15.9 Å². The average Bonchev–Trinajstić information content (AvgIpc) is 2.36. The van der Waals surface area contributed by atoms with E-state index in [1.807, 2.05) is 0 Å². The van der Waals surface area contributed by atoms with Crippen molar-refractivity contribution in [2.45, 2.75) is 6.10 Å². The molecule has 5 heteroatoms. The quantitative estimate of drug-likeness (QED) is 0.804. The first kappa shape index (κ1) is 13.5. The van der Waals surface area contributed by atoms with E-state index >= 15 is 0 Å². The third-order valence-electron chi connectivity index (χ3n) is 2.55. The van der Waals surface area contributed by atoms with Gasteiger partial charge in [-0.25, -0.2) is 8.78 Å². The van der Waals surface area contributed by atoms with E-state index in [1.165, 1.54) is 30.3 Å². The Morgan fingerprint density at radius 2 is 1.67 bits per heavy atom.